The average molecular weight is 216 g/mol. The predicted molar refractivity (Wildman–Crippen MR) is 62.5 cm³/mol. The summed E-state index contributed by atoms with van der Waals surface area (Å²) in [6, 6.07) is 9.06. The maximum Gasteiger partial charge on any atom is 0.328 e. The molecule has 0 fully saturated rings. The number of H-pyrrole nitrogens is 1. The van der Waals surface area contributed by atoms with E-state index in [9.17, 15) is 9.59 Å². The number of hydrogen-bond acceptors (Lipinski definition) is 2. The van der Waals surface area contributed by atoms with Gasteiger partial charge < -0.3 is 4.98 Å². The van der Waals surface area contributed by atoms with Crippen molar-refractivity contribution >= 4 is 0 Å². The van der Waals surface area contributed by atoms with Crippen LogP contribution in [0, 0.1) is 6.92 Å². The molecule has 0 amide bonds. The third-order valence-electron chi connectivity index (χ3n) is 2.47. The van der Waals surface area contributed by atoms with Gasteiger partial charge in [-0.3, -0.25) is 9.36 Å². The first-order chi connectivity index (χ1) is 7.58. The summed E-state index contributed by atoms with van der Waals surface area (Å²) in [7, 11) is 1.45. The van der Waals surface area contributed by atoms with Crippen LogP contribution >= 0.6 is 0 Å². The van der Waals surface area contributed by atoms with Crippen molar-refractivity contribution in [2.75, 3.05) is 0 Å². The summed E-state index contributed by atoms with van der Waals surface area (Å²) in [5, 5.41) is 0. The molecule has 1 N–H and O–H groups in total. The van der Waals surface area contributed by atoms with Gasteiger partial charge in [-0.15, -0.1) is 0 Å². The summed E-state index contributed by atoms with van der Waals surface area (Å²) in [4.78, 5) is 25.6. The molecule has 0 radical (unpaired) electrons. The highest BCUT2D eigenvalue weighted by Crippen LogP contribution is 2.14. The molecule has 0 aliphatic carbocycles. The molecule has 0 bridgehead atoms. The number of nitrogens with one attached hydrogen (secondary N) is 1. The molecule has 0 aliphatic heterocycles. The number of aromatic amines is 1. The van der Waals surface area contributed by atoms with Crippen LogP contribution in [0.3, 0.4) is 0 Å². The first kappa shape index (κ1) is 10.4. The van der Waals surface area contributed by atoms with Gasteiger partial charge in [0.2, 0.25) is 0 Å². The number of benzene rings is 1. The zero-order chi connectivity index (χ0) is 11.7. The Kier molecular flexibility index (Phi) is 2.48. The quantitative estimate of drug-likeness (QED) is 0.774. The topological polar surface area (TPSA) is 54.9 Å². The van der Waals surface area contributed by atoms with Gasteiger partial charge in [0.05, 0.1) is 5.69 Å². The zero-order valence-corrected chi connectivity index (χ0v) is 9.15. The highest BCUT2D eigenvalue weighted by atomic mass is 16.2. The van der Waals surface area contributed by atoms with Crippen LogP contribution in [0.4, 0.5) is 0 Å². The molecule has 1 heterocycles. The summed E-state index contributed by atoms with van der Waals surface area (Å²) in [5.74, 6) is 0. The third-order valence-corrected chi connectivity index (χ3v) is 2.47. The summed E-state index contributed by atoms with van der Waals surface area (Å²) >= 11 is 0. The van der Waals surface area contributed by atoms with E-state index in [1.807, 2.05) is 31.2 Å². The Bertz CT molecular complexity index is 607. The van der Waals surface area contributed by atoms with Crippen molar-refractivity contribution in [1.82, 2.24) is 9.55 Å². The maximum atomic E-state index is 11.5. The van der Waals surface area contributed by atoms with E-state index in [2.05, 4.69) is 4.98 Å². The number of aromatic nitrogens is 2. The van der Waals surface area contributed by atoms with Crippen molar-refractivity contribution < 1.29 is 0 Å². The van der Waals surface area contributed by atoms with E-state index in [-0.39, 0.29) is 5.56 Å². The molecule has 2 aromatic rings. The van der Waals surface area contributed by atoms with Crippen LogP contribution in [-0.4, -0.2) is 9.55 Å². The molecule has 1 aromatic heterocycles. The Balaban J connectivity index is 2.66. The molecule has 4 heteroatoms. The second-order valence-corrected chi connectivity index (χ2v) is 3.75. The third kappa shape index (κ3) is 1.82. The van der Waals surface area contributed by atoms with Crippen LogP contribution in [0.5, 0.6) is 0 Å². The summed E-state index contributed by atoms with van der Waals surface area (Å²) in [6.07, 6.45) is 0. The Morgan fingerprint density at radius 2 is 1.94 bits per heavy atom. The standard InChI is InChI=1S/C12H12N2O2/c1-8-4-3-5-9(6-8)10-7-11(15)14(2)12(16)13-10/h3-7H,1-2H3,(H,13,16). The summed E-state index contributed by atoms with van der Waals surface area (Å²) < 4.78 is 1.04. The molecule has 0 atom stereocenters. The van der Waals surface area contributed by atoms with Gasteiger partial charge in [0.15, 0.2) is 0 Å². The molecule has 0 saturated heterocycles. The fourth-order valence-electron chi connectivity index (χ4n) is 1.52. The van der Waals surface area contributed by atoms with Crippen LogP contribution in [0.15, 0.2) is 39.9 Å². The highest BCUT2D eigenvalue weighted by Gasteiger charge is 2.02. The van der Waals surface area contributed by atoms with Crippen LogP contribution in [0.1, 0.15) is 5.56 Å². The largest absolute Gasteiger partial charge is 0.328 e. The fraction of sp³-hybridized carbons (Fsp3) is 0.167. The molecule has 0 unspecified atom stereocenters. The lowest BCUT2D eigenvalue weighted by molar-refractivity contribution is 0.778. The van der Waals surface area contributed by atoms with Gasteiger partial charge in [-0.2, -0.15) is 0 Å². The molecule has 2 rings (SSSR count). The number of rotatable bonds is 1. The van der Waals surface area contributed by atoms with Crippen molar-refractivity contribution in [3.63, 3.8) is 0 Å². The van der Waals surface area contributed by atoms with Crippen LogP contribution in [0.25, 0.3) is 11.3 Å². The second kappa shape index (κ2) is 3.81. The Labute approximate surface area is 92.2 Å². The molecule has 0 saturated carbocycles. The Morgan fingerprint density at radius 1 is 1.19 bits per heavy atom. The zero-order valence-electron chi connectivity index (χ0n) is 9.15. The normalized spacial score (nSPS) is 10.4. The minimum absolute atomic E-state index is 0.305. The van der Waals surface area contributed by atoms with E-state index in [1.54, 1.807) is 0 Å². The van der Waals surface area contributed by atoms with Gasteiger partial charge in [0.25, 0.3) is 5.56 Å². The summed E-state index contributed by atoms with van der Waals surface area (Å²) in [5.41, 5.74) is 1.77. The lowest BCUT2D eigenvalue weighted by Gasteiger charge is -2.03. The smallest absolute Gasteiger partial charge is 0.307 e. The van der Waals surface area contributed by atoms with E-state index >= 15 is 0 Å². The minimum atomic E-state index is -0.399. The molecule has 0 aliphatic rings. The van der Waals surface area contributed by atoms with Crippen molar-refractivity contribution in [3.8, 4) is 11.3 Å². The van der Waals surface area contributed by atoms with Gasteiger partial charge in [0.1, 0.15) is 0 Å². The maximum absolute atomic E-state index is 11.5. The van der Waals surface area contributed by atoms with Gasteiger partial charge in [-0.25, -0.2) is 4.79 Å². The number of nitrogens with zero attached hydrogens (tertiary/aromatic N) is 1. The molecule has 0 spiro atoms. The molecule has 4 nitrogen and oxygen atoms in total. The van der Waals surface area contributed by atoms with Gasteiger partial charge in [0, 0.05) is 13.1 Å². The Morgan fingerprint density at radius 3 is 2.56 bits per heavy atom. The molecule has 82 valence electrons. The SMILES string of the molecule is Cc1cccc(-c2cc(=O)n(C)c(=O)[nH]2)c1. The predicted octanol–water partition coefficient (Wildman–Crippen LogP) is 1.05. The lowest BCUT2D eigenvalue weighted by Crippen LogP contribution is -2.32. The lowest BCUT2D eigenvalue weighted by atomic mass is 10.1. The van der Waals surface area contributed by atoms with Gasteiger partial charge in [-0.05, 0) is 18.6 Å². The van der Waals surface area contributed by atoms with Crippen molar-refractivity contribution in [2.45, 2.75) is 6.92 Å². The van der Waals surface area contributed by atoms with E-state index in [4.69, 9.17) is 0 Å². The fourth-order valence-corrected chi connectivity index (χ4v) is 1.52. The minimum Gasteiger partial charge on any atom is -0.307 e. The van der Waals surface area contributed by atoms with Crippen LogP contribution < -0.4 is 11.2 Å². The van der Waals surface area contributed by atoms with Crippen LogP contribution in [0.2, 0.25) is 0 Å². The molecule has 16 heavy (non-hydrogen) atoms. The van der Waals surface area contributed by atoms with Crippen LogP contribution in [-0.2, 0) is 7.05 Å². The summed E-state index contributed by atoms with van der Waals surface area (Å²) in [6.45, 7) is 1.96. The molecular weight excluding hydrogens is 204 g/mol. The van der Waals surface area contributed by atoms with E-state index < -0.39 is 5.69 Å². The first-order valence-corrected chi connectivity index (χ1v) is 4.95. The van der Waals surface area contributed by atoms with E-state index in [0.717, 1.165) is 15.7 Å². The van der Waals surface area contributed by atoms with E-state index in [1.165, 1.54) is 13.1 Å². The van der Waals surface area contributed by atoms with Gasteiger partial charge >= 0.3 is 5.69 Å². The molecular formula is C12H12N2O2. The van der Waals surface area contributed by atoms with Crippen molar-refractivity contribution in [2.24, 2.45) is 7.05 Å². The second-order valence-electron chi connectivity index (χ2n) is 3.75. The first-order valence-electron chi connectivity index (χ1n) is 4.95. The van der Waals surface area contributed by atoms with Crippen molar-refractivity contribution in [3.05, 3.63) is 56.7 Å². The highest BCUT2D eigenvalue weighted by molar-refractivity contribution is 5.59. The number of hydrogen-bond donors (Lipinski definition) is 1. The van der Waals surface area contributed by atoms with E-state index in [0.29, 0.717) is 5.69 Å². The molecule has 1 aromatic carbocycles. The average Bonchev–Trinajstić information content (AvgIpc) is 2.25. The Hall–Kier alpha value is -2.10. The monoisotopic (exact) mass is 216 g/mol. The van der Waals surface area contributed by atoms with Gasteiger partial charge in [-0.1, -0.05) is 23.8 Å². The number of aryl methyl sites for hydroxylation is 1. The van der Waals surface area contributed by atoms with Crippen molar-refractivity contribution in [1.29, 1.82) is 0 Å².